The van der Waals surface area contributed by atoms with E-state index in [2.05, 4.69) is 147 Å². The van der Waals surface area contributed by atoms with Crippen LogP contribution in [0.25, 0.3) is 0 Å². The Morgan fingerprint density at radius 1 is 0.367 bits per heavy atom. The van der Waals surface area contributed by atoms with Crippen molar-refractivity contribution in [3.63, 3.8) is 0 Å². The largest absolute Gasteiger partial charge is 0.398 e. The van der Waals surface area contributed by atoms with Gasteiger partial charge in [0.2, 0.25) is 17.8 Å². The van der Waals surface area contributed by atoms with Crippen molar-refractivity contribution in [2.75, 3.05) is 146 Å². The van der Waals surface area contributed by atoms with Gasteiger partial charge in [0, 0.05) is 79.3 Å². The highest BCUT2D eigenvalue weighted by Gasteiger charge is 2.21. The van der Waals surface area contributed by atoms with Crippen LogP contribution in [0, 0.1) is 55.4 Å². The Bertz CT molecular complexity index is 2340. The van der Waals surface area contributed by atoms with E-state index < -0.39 is 0 Å². The van der Waals surface area contributed by atoms with Crippen LogP contribution in [-0.2, 0) is 54.1 Å². The SMILES string of the molecule is CCc1cc(C)c(C)c(CC)c1N.CCc1cc(CC)c(N)c(C)c1C.COCN(COC)c1nc(N(COC)COC)nc(N(COC)COC)n1.CSc1cc(C)c(C)c(SC)c1N.CSc1cc(SC)c(N)c(C)c1C. The van der Waals surface area contributed by atoms with Crippen molar-refractivity contribution in [2.24, 2.45) is 0 Å². The fourth-order valence-corrected chi connectivity index (χ4v) is 11.2. The minimum Gasteiger partial charge on any atom is -0.398 e. The zero-order valence-corrected chi connectivity index (χ0v) is 55.2. The van der Waals surface area contributed by atoms with Crippen LogP contribution in [0.3, 0.4) is 0 Å². The molecule has 0 radical (unpaired) electrons. The molecular formula is C59H98N10O6S4. The van der Waals surface area contributed by atoms with E-state index in [1.807, 2.05) is 0 Å². The first-order valence-electron chi connectivity index (χ1n) is 26.2. The molecule has 1 heterocycles. The number of hydrogen-bond donors (Lipinski definition) is 4. The Kier molecular flexibility index (Phi) is 35.3. The molecule has 0 spiro atoms. The topological polar surface area (TPSA) is 208 Å². The number of rotatable bonds is 23. The van der Waals surface area contributed by atoms with E-state index in [1.54, 1.807) is 104 Å². The maximum Gasteiger partial charge on any atom is 0.235 e. The number of aromatic nitrogens is 3. The van der Waals surface area contributed by atoms with E-state index in [9.17, 15) is 0 Å². The van der Waals surface area contributed by atoms with Gasteiger partial charge in [-0.3, -0.25) is 14.7 Å². The standard InChI is InChI=1S/C15H30N6O6.2C12H19N.2C10H15NS2/c1-22-7-19(8-23-2)13-16-14(20(9-24-3)10-25-4)18-15(17-13)21(11-26-5)12-27-6;1-5-10-7-11(6-2)12(13)9(4)8(10)3;1-5-10-7-8(3)9(4)11(6-2)12(10)13;1-6-7(2)10(11)9(13-4)5-8(6)12-3;1-6-5-8(12-3)9(11)10(13-4)7(6)2/h7-12H2,1-6H3;2*7H,5-6,13H2,1-4H3;2*5H,11H2,1-4H3. The minimum atomic E-state index is 0.236. The van der Waals surface area contributed by atoms with E-state index in [0.29, 0.717) is 17.8 Å². The summed E-state index contributed by atoms with van der Waals surface area (Å²) in [5.41, 5.74) is 43.8. The lowest BCUT2D eigenvalue weighted by molar-refractivity contribution is 0.134. The van der Waals surface area contributed by atoms with Crippen LogP contribution in [0.5, 0.6) is 0 Å². The fraction of sp³-hybridized carbons (Fsp3) is 0.542. The Morgan fingerprint density at radius 2 is 0.734 bits per heavy atom. The van der Waals surface area contributed by atoms with Crippen LogP contribution in [0.1, 0.15) is 94.5 Å². The highest BCUT2D eigenvalue weighted by molar-refractivity contribution is 8.00. The predicted octanol–water partition coefficient (Wildman–Crippen LogP) is 12.6. The molecule has 0 saturated heterocycles. The number of nitrogens with two attached hydrogens (primary N) is 4. The van der Waals surface area contributed by atoms with Gasteiger partial charge in [-0.1, -0.05) is 39.8 Å². The third-order valence-electron chi connectivity index (χ3n) is 13.4. The van der Waals surface area contributed by atoms with Crippen LogP contribution in [-0.4, -0.2) is 123 Å². The van der Waals surface area contributed by atoms with Crippen LogP contribution >= 0.6 is 47.0 Å². The number of nitrogen functional groups attached to an aromatic ring is 4. The molecule has 444 valence electrons. The zero-order valence-electron chi connectivity index (χ0n) is 52.0. The van der Waals surface area contributed by atoms with Crippen LogP contribution < -0.4 is 37.6 Å². The lowest BCUT2D eigenvalue weighted by Crippen LogP contribution is -2.36. The molecule has 16 nitrogen and oxygen atoms in total. The molecule has 79 heavy (non-hydrogen) atoms. The van der Waals surface area contributed by atoms with Crippen molar-refractivity contribution in [3.8, 4) is 0 Å². The molecule has 0 unspecified atom stereocenters. The lowest BCUT2D eigenvalue weighted by atomic mass is 9.94. The van der Waals surface area contributed by atoms with Gasteiger partial charge in [0.25, 0.3) is 0 Å². The molecular weight excluding hydrogens is 1070 g/mol. The van der Waals surface area contributed by atoms with Crippen molar-refractivity contribution in [1.29, 1.82) is 0 Å². The van der Waals surface area contributed by atoms with Gasteiger partial charge < -0.3 is 51.4 Å². The minimum absolute atomic E-state index is 0.236. The molecule has 0 bridgehead atoms. The first kappa shape index (κ1) is 72.7. The first-order chi connectivity index (χ1) is 37.6. The normalized spacial score (nSPS) is 10.6. The molecule has 0 fully saturated rings. The molecule has 1 aromatic heterocycles. The maximum absolute atomic E-state index is 6.07. The van der Waals surface area contributed by atoms with E-state index in [-0.39, 0.29) is 40.4 Å². The quantitative estimate of drug-likeness (QED) is 0.0272. The Labute approximate surface area is 493 Å². The van der Waals surface area contributed by atoms with Gasteiger partial charge in [-0.15, -0.1) is 47.0 Å². The molecule has 0 aliphatic carbocycles. The van der Waals surface area contributed by atoms with Gasteiger partial charge in [0.1, 0.15) is 40.4 Å². The summed E-state index contributed by atoms with van der Waals surface area (Å²) < 4.78 is 31.3. The maximum atomic E-state index is 6.07. The number of benzene rings is 4. The summed E-state index contributed by atoms with van der Waals surface area (Å²) in [4.78, 5) is 23.6. The van der Waals surface area contributed by atoms with Gasteiger partial charge >= 0.3 is 0 Å². The molecule has 4 aromatic carbocycles. The summed E-state index contributed by atoms with van der Waals surface area (Å²) in [5, 5.41) is 0. The number of thioether (sulfide) groups is 4. The van der Waals surface area contributed by atoms with E-state index >= 15 is 0 Å². The number of aryl methyl sites for hydroxylation is 5. The number of methoxy groups -OCH3 is 6. The molecule has 0 saturated carbocycles. The van der Waals surface area contributed by atoms with E-state index in [0.717, 1.165) is 48.4 Å². The van der Waals surface area contributed by atoms with Gasteiger partial charge in [0.15, 0.2) is 0 Å². The van der Waals surface area contributed by atoms with Crippen LogP contribution in [0.15, 0.2) is 43.8 Å². The predicted molar refractivity (Wildman–Crippen MR) is 344 cm³/mol. The molecule has 0 amide bonds. The third-order valence-corrected chi connectivity index (χ3v) is 16.8. The second kappa shape index (κ2) is 38.4. The zero-order chi connectivity index (χ0) is 60.1. The summed E-state index contributed by atoms with van der Waals surface area (Å²) in [6, 6.07) is 8.80. The summed E-state index contributed by atoms with van der Waals surface area (Å²) in [6.07, 6.45) is 12.5. The van der Waals surface area contributed by atoms with Gasteiger partial charge in [0.05, 0.1) is 5.69 Å². The second-order valence-corrected chi connectivity index (χ2v) is 21.8. The molecule has 0 aliphatic heterocycles. The summed E-state index contributed by atoms with van der Waals surface area (Å²) >= 11 is 6.93. The van der Waals surface area contributed by atoms with E-state index in [4.69, 9.17) is 51.4 Å². The highest BCUT2D eigenvalue weighted by Crippen LogP contribution is 2.37. The monoisotopic (exact) mass is 1170 g/mol. The third kappa shape index (κ3) is 21.2. The van der Waals surface area contributed by atoms with Crippen molar-refractivity contribution in [1.82, 2.24) is 15.0 Å². The Balaban J connectivity index is 0.000000516. The molecule has 5 aromatic rings. The number of hydrogen-bond acceptors (Lipinski definition) is 20. The van der Waals surface area contributed by atoms with Gasteiger partial charge in [-0.05, 0) is 185 Å². The summed E-state index contributed by atoms with van der Waals surface area (Å²) in [5.74, 6) is 1.11. The van der Waals surface area contributed by atoms with Crippen LogP contribution in [0.2, 0.25) is 0 Å². The number of ether oxygens (including phenoxy) is 6. The molecule has 8 N–H and O–H groups in total. The Hall–Kier alpha value is -4.35. The lowest BCUT2D eigenvalue weighted by Gasteiger charge is -2.27. The average molecular weight is 1170 g/mol. The molecule has 0 aliphatic rings. The fourth-order valence-electron chi connectivity index (χ4n) is 8.29. The van der Waals surface area contributed by atoms with Crippen molar-refractivity contribution >= 4 is 87.6 Å². The highest BCUT2D eigenvalue weighted by atomic mass is 32.2. The Morgan fingerprint density at radius 3 is 1.09 bits per heavy atom. The smallest absolute Gasteiger partial charge is 0.235 e. The second-order valence-electron chi connectivity index (χ2n) is 18.4. The first-order valence-corrected chi connectivity index (χ1v) is 31.1. The van der Waals surface area contributed by atoms with Gasteiger partial charge in [-0.2, -0.15) is 15.0 Å². The van der Waals surface area contributed by atoms with Gasteiger partial charge in [-0.25, -0.2) is 0 Å². The van der Waals surface area contributed by atoms with E-state index in [1.165, 1.54) is 86.3 Å². The number of nitrogens with zero attached hydrogens (tertiary/aromatic N) is 6. The molecule has 20 heteroatoms. The van der Waals surface area contributed by atoms with Crippen molar-refractivity contribution < 1.29 is 28.4 Å². The van der Waals surface area contributed by atoms with Crippen LogP contribution in [0.4, 0.5) is 40.6 Å². The van der Waals surface area contributed by atoms with Crippen molar-refractivity contribution in [3.05, 3.63) is 91.0 Å². The average Bonchev–Trinajstić information content (AvgIpc) is 3.44. The summed E-state index contributed by atoms with van der Waals surface area (Å²) in [6.45, 7) is 27.1. The number of anilines is 7. The molecule has 5 rings (SSSR count). The molecule has 0 atom stereocenters. The van der Waals surface area contributed by atoms with Crippen molar-refractivity contribution in [2.45, 2.75) is 128 Å². The summed E-state index contributed by atoms with van der Waals surface area (Å²) in [7, 11) is 9.48.